The van der Waals surface area contributed by atoms with Crippen LogP contribution in [0.1, 0.15) is 50.8 Å². The van der Waals surface area contributed by atoms with Crippen LogP contribution in [0.5, 0.6) is 5.75 Å². The van der Waals surface area contributed by atoms with Crippen LogP contribution in [-0.4, -0.2) is 13.2 Å². The van der Waals surface area contributed by atoms with Gasteiger partial charge in [0, 0.05) is 11.5 Å². The molecule has 2 aromatic rings. The summed E-state index contributed by atoms with van der Waals surface area (Å²) < 4.78 is 13.7. The Kier molecular flexibility index (Phi) is 12.0. The lowest BCUT2D eigenvalue weighted by molar-refractivity contribution is 0.0957. The minimum atomic E-state index is 0.517. The second-order valence-electron chi connectivity index (χ2n) is 8.82. The fourth-order valence-corrected chi connectivity index (χ4v) is 5.48. The molecule has 0 aliphatic rings. The van der Waals surface area contributed by atoms with Gasteiger partial charge >= 0.3 is 0 Å². The SMILES string of the molecule is Cc1ccc(COCC(C)C)c(S/C(S)=C(/S)Sc2cc(C)ccc2OCCC(C)C)c1. The van der Waals surface area contributed by atoms with E-state index < -0.39 is 0 Å². The van der Waals surface area contributed by atoms with Crippen LogP contribution in [0.25, 0.3) is 0 Å². The summed E-state index contributed by atoms with van der Waals surface area (Å²) in [4.78, 5) is 2.22. The lowest BCUT2D eigenvalue weighted by Crippen LogP contribution is -2.02. The maximum atomic E-state index is 6.07. The first-order chi connectivity index (χ1) is 15.2. The highest BCUT2D eigenvalue weighted by Crippen LogP contribution is 2.44. The third-order valence-corrected chi connectivity index (χ3v) is 8.12. The van der Waals surface area contributed by atoms with Crippen molar-refractivity contribution in [3.05, 3.63) is 61.6 Å². The van der Waals surface area contributed by atoms with E-state index in [0.29, 0.717) is 25.0 Å². The Hall–Kier alpha value is -0.660. The van der Waals surface area contributed by atoms with E-state index in [1.165, 1.54) is 16.7 Å². The Morgan fingerprint density at radius 3 is 2.06 bits per heavy atom. The Bertz CT molecular complexity index is 833. The average Bonchev–Trinajstić information content (AvgIpc) is 2.70. The number of hydrogen-bond acceptors (Lipinski definition) is 6. The normalized spacial score (nSPS) is 12.4. The number of benzene rings is 2. The van der Waals surface area contributed by atoms with Crippen LogP contribution in [0.15, 0.2) is 54.7 Å². The molecule has 0 radical (unpaired) electrons. The van der Waals surface area contributed by atoms with Gasteiger partial charge in [-0.3, -0.25) is 0 Å². The fourth-order valence-electron chi connectivity index (χ4n) is 2.80. The van der Waals surface area contributed by atoms with E-state index in [2.05, 4.69) is 77.9 Å². The molecule has 0 N–H and O–H groups in total. The van der Waals surface area contributed by atoms with Crippen molar-refractivity contribution < 1.29 is 9.47 Å². The van der Waals surface area contributed by atoms with Crippen LogP contribution >= 0.6 is 48.8 Å². The summed E-state index contributed by atoms with van der Waals surface area (Å²) >= 11 is 12.8. The summed E-state index contributed by atoms with van der Waals surface area (Å²) in [5, 5.41) is 0. The Morgan fingerprint density at radius 1 is 0.844 bits per heavy atom. The van der Waals surface area contributed by atoms with E-state index in [1.54, 1.807) is 23.5 Å². The molecule has 0 saturated carbocycles. The van der Waals surface area contributed by atoms with Gasteiger partial charge in [0.25, 0.3) is 0 Å². The first-order valence-corrected chi connectivity index (χ1v) is 13.6. The molecule has 32 heavy (non-hydrogen) atoms. The molecule has 0 aliphatic carbocycles. The van der Waals surface area contributed by atoms with Crippen LogP contribution < -0.4 is 4.74 Å². The highest BCUT2D eigenvalue weighted by Gasteiger charge is 2.12. The number of aryl methyl sites for hydroxylation is 2. The molecule has 0 unspecified atom stereocenters. The molecule has 0 atom stereocenters. The Morgan fingerprint density at radius 2 is 1.44 bits per heavy atom. The van der Waals surface area contributed by atoms with Gasteiger partial charge in [-0.2, -0.15) is 0 Å². The quantitative estimate of drug-likeness (QED) is 0.220. The highest BCUT2D eigenvalue weighted by atomic mass is 32.2. The monoisotopic (exact) mass is 508 g/mol. The Labute approximate surface area is 214 Å². The smallest absolute Gasteiger partial charge is 0.133 e. The molecular weight excluding hydrogens is 473 g/mol. The maximum absolute atomic E-state index is 6.07. The second kappa shape index (κ2) is 13.9. The molecule has 2 nitrogen and oxygen atoms in total. The summed E-state index contributed by atoms with van der Waals surface area (Å²) in [6.07, 6.45) is 1.03. The zero-order valence-corrected chi connectivity index (χ0v) is 23.4. The van der Waals surface area contributed by atoms with E-state index in [-0.39, 0.29) is 0 Å². The van der Waals surface area contributed by atoms with Crippen molar-refractivity contribution in [2.45, 2.75) is 64.4 Å². The molecule has 0 bridgehead atoms. The van der Waals surface area contributed by atoms with Crippen molar-refractivity contribution in [1.29, 1.82) is 0 Å². The van der Waals surface area contributed by atoms with Crippen LogP contribution in [-0.2, 0) is 11.3 Å². The lowest BCUT2D eigenvalue weighted by Gasteiger charge is -2.15. The minimum Gasteiger partial charge on any atom is -0.492 e. The summed E-state index contributed by atoms with van der Waals surface area (Å²) in [5.74, 6) is 2.03. The maximum Gasteiger partial charge on any atom is 0.133 e. The summed E-state index contributed by atoms with van der Waals surface area (Å²) in [6, 6.07) is 12.7. The molecular formula is C26H36O2S4. The van der Waals surface area contributed by atoms with Gasteiger partial charge in [0.05, 0.1) is 26.6 Å². The van der Waals surface area contributed by atoms with E-state index in [1.807, 2.05) is 0 Å². The second-order valence-corrected chi connectivity index (χ2v) is 12.4. The van der Waals surface area contributed by atoms with Gasteiger partial charge in [-0.15, -0.1) is 25.3 Å². The van der Waals surface area contributed by atoms with Crippen molar-refractivity contribution >= 4 is 48.8 Å². The molecule has 2 aromatic carbocycles. The van der Waals surface area contributed by atoms with Gasteiger partial charge in [-0.1, -0.05) is 69.4 Å². The van der Waals surface area contributed by atoms with E-state index in [0.717, 1.165) is 37.0 Å². The van der Waals surface area contributed by atoms with Crippen molar-refractivity contribution in [2.24, 2.45) is 11.8 Å². The number of hydrogen-bond donors (Lipinski definition) is 2. The fraction of sp³-hybridized carbons (Fsp3) is 0.462. The van der Waals surface area contributed by atoms with E-state index in [4.69, 9.17) is 34.7 Å². The molecule has 0 aromatic heterocycles. The van der Waals surface area contributed by atoms with Crippen LogP contribution in [0, 0.1) is 25.7 Å². The van der Waals surface area contributed by atoms with Crippen molar-refractivity contribution in [3.63, 3.8) is 0 Å². The van der Waals surface area contributed by atoms with E-state index in [9.17, 15) is 0 Å². The van der Waals surface area contributed by atoms with Crippen molar-refractivity contribution in [2.75, 3.05) is 13.2 Å². The van der Waals surface area contributed by atoms with Crippen LogP contribution in [0.2, 0.25) is 0 Å². The van der Waals surface area contributed by atoms with Gasteiger partial charge < -0.3 is 9.47 Å². The standard InChI is InChI=1S/C26H36O2S4/c1-17(2)11-12-28-22-10-8-20(6)14-24(22)32-26(30)25(29)31-23-13-19(5)7-9-21(23)16-27-15-18(3)4/h7-10,13-14,17-18,29-30H,11-12,15-16H2,1-6H3/b26-25-. The molecule has 0 spiro atoms. The first kappa shape index (κ1) is 27.6. The van der Waals surface area contributed by atoms with Gasteiger partial charge in [0.1, 0.15) is 5.75 Å². The Balaban J connectivity index is 2.16. The third-order valence-electron chi connectivity index (χ3n) is 4.58. The molecule has 176 valence electrons. The van der Waals surface area contributed by atoms with Crippen LogP contribution in [0.4, 0.5) is 0 Å². The first-order valence-electron chi connectivity index (χ1n) is 11.0. The summed E-state index contributed by atoms with van der Waals surface area (Å²) in [6.45, 7) is 15.0. The topological polar surface area (TPSA) is 18.5 Å². The van der Waals surface area contributed by atoms with Crippen molar-refractivity contribution in [1.82, 2.24) is 0 Å². The highest BCUT2D eigenvalue weighted by molar-refractivity contribution is 8.21. The zero-order chi connectivity index (χ0) is 23.7. The summed E-state index contributed by atoms with van der Waals surface area (Å²) in [5.41, 5.74) is 3.59. The number of rotatable bonds is 12. The number of thioether (sulfide) groups is 2. The van der Waals surface area contributed by atoms with Gasteiger partial charge in [-0.25, -0.2) is 0 Å². The number of thiol groups is 2. The third kappa shape index (κ3) is 9.68. The summed E-state index contributed by atoms with van der Waals surface area (Å²) in [7, 11) is 0. The van der Waals surface area contributed by atoms with Gasteiger partial charge in [-0.05, 0) is 67.0 Å². The number of ether oxygens (including phenoxy) is 2. The predicted molar refractivity (Wildman–Crippen MR) is 149 cm³/mol. The molecule has 2 rings (SSSR count). The zero-order valence-electron chi connectivity index (χ0n) is 20.0. The molecule has 6 heteroatoms. The average molecular weight is 509 g/mol. The molecule has 0 aliphatic heterocycles. The predicted octanol–water partition coefficient (Wildman–Crippen LogP) is 8.77. The minimum absolute atomic E-state index is 0.517. The van der Waals surface area contributed by atoms with Crippen molar-refractivity contribution in [3.8, 4) is 5.75 Å². The van der Waals surface area contributed by atoms with Gasteiger partial charge in [0.15, 0.2) is 0 Å². The van der Waals surface area contributed by atoms with E-state index >= 15 is 0 Å². The molecule has 0 heterocycles. The molecule has 0 saturated heterocycles. The molecule has 0 fully saturated rings. The molecule has 0 amide bonds. The van der Waals surface area contributed by atoms with Gasteiger partial charge in [0.2, 0.25) is 0 Å². The largest absolute Gasteiger partial charge is 0.492 e. The lowest BCUT2D eigenvalue weighted by atomic mass is 10.1. The van der Waals surface area contributed by atoms with Crippen LogP contribution in [0.3, 0.4) is 0 Å².